The van der Waals surface area contributed by atoms with E-state index in [1.165, 1.54) is 10.7 Å². The maximum Gasteiger partial charge on any atom is 0.314 e. The largest absolute Gasteiger partial charge is 0.345 e. The average Bonchev–Trinajstić information content (AvgIpc) is 3.23. The molecule has 3 rings (SSSR count). The minimum Gasteiger partial charge on any atom is -0.345 e. The fourth-order valence-corrected chi connectivity index (χ4v) is 3.02. The number of amides is 2. The molecule has 9 nitrogen and oxygen atoms in total. The van der Waals surface area contributed by atoms with Crippen molar-refractivity contribution in [2.75, 3.05) is 5.32 Å². The number of aromatic nitrogens is 4. The molecule has 138 valence electrons. The van der Waals surface area contributed by atoms with Crippen LogP contribution >= 0.6 is 0 Å². The Morgan fingerprint density at radius 1 is 1.27 bits per heavy atom. The second-order valence-corrected chi connectivity index (χ2v) is 6.41. The molecule has 0 atom stereocenters. The van der Waals surface area contributed by atoms with Crippen LogP contribution in [0.3, 0.4) is 0 Å². The summed E-state index contributed by atoms with van der Waals surface area (Å²) in [5, 5.41) is 9.54. The first-order valence-corrected chi connectivity index (χ1v) is 8.75. The summed E-state index contributed by atoms with van der Waals surface area (Å²) < 4.78 is 1.32. The first kappa shape index (κ1) is 17.8. The van der Waals surface area contributed by atoms with Gasteiger partial charge >= 0.3 is 11.8 Å². The van der Waals surface area contributed by atoms with Crippen LogP contribution in [0.1, 0.15) is 44.0 Å². The van der Waals surface area contributed by atoms with Gasteiger partial charge in [-0.15, -0.1) is 0 Å². The molecule has 1 fully saturated rings. The van der Waals surface area contributed by atoms with E-state index < -0.39 is 11.8 Å². The van der Waals surface area contributed by atoms with Crippen molar-refractivity contribution in [2.24, 2.45) is 0 Å². The van der Waals surface area contributed by atoms with Crippen LogP contribution in [0.5, 0.6) is 0 Å². The molecule has 0 aliphatic heterocycles. The summed E-state index contributed by atoms with van der Waals surface area (Å²) in [5.74, 6) is -0.988. The van der Waals surface area contributed by atoms with Crippen LogP contribution in [0.15, 0.2) is 16.9 Å². The predicted molar refractivity (Wildman–Crippen MR) is 95.1 cm³/mol. The van der Waals surface area contributed by atoms with Crippen molar-refractivity contribution in [1.82, 2.24) is 25.1 Å². The predicted octanol–water partition coefficient (Wildman–Crippen LogP) is 0.824. The average molecular weight is 358 g/mol. The molecule has 3 N–H and O–H groups in total. The molecule has 0 unspecified atom stereocenters. The molecule has 1 saturated carbocycles. The number of nitrogens with one attached hydrogen (secondary N) is 3. The molecular weight excluding hydrogens is 336 g/mol. The zero-order chi connectivity index (χ0) is 18.7. The van der Waals surface area contributed by atoms with Crippen molar-refractivity contribution in [3.8, 4) is 5.95 Å². The standard InChI is InChI=1S/C17H22N6O3/c1-3-11-9-14(24)21-17(19-11)23-13(8-10(2)22-23)20-16(26)15(25)18-12-6-4-5-7-12/h8-9,12H,3-7H2,1-2H3,(H,18,25)(H,20,26)(H,19,21,24). The monoisotopic (exact) mass is 358 g/mol. The summed E-state index contributed by atoms with van der Waals surface area (Å²) >= 11 is 0. The molecule has 0 aromatic carbocycles. The molecule has 1 aliphatic rings. The normalized spacial score (nSPS) is 14.4. The number of rotatable bonds is 4. The Hall–Kier alpha value is -2.97. The van der Waals surface area contributed by atoms with E-state index in [-0.39, 0.29) is 23.4 Å². The topological polar surface area (TPSA) is 122 Å². The van der Waals surface area contributed by atoms with Crippen molar-refractivity contribution in [1.29, 1.82) is 0 Å². The summed E-state index contributed by atoms with van der Waals surface area (Å²) in [6, 6.07) is 3.08. The summed E-state index contributed by atoms with van der Waals surface area (Å²) in [7, 11) is 0. The van der Waals surface area contributed by atoms with E-state index in [9.17, 15) is 14.4 Å². The van der Waals surface area contributed by atoms with E-state index in [2.05, 4.69) is 25.7 Å². The minimum absolute atomic E-state index is 0.0548. The van der Waals surface area contributed by atoms with Crippen LogP contribution in [0.25, 0.3) is 5.95 Å². The van der Waals surface area contributed by atoms with Crippen molar-refractivity contribution in [3.63, 3.8) is 0 Å². The van der Waals surface area contributed by atoms with Crippen LogP contribution in [-0.4, -0.2) is 37.6 Å². The Bertz CT molecular complexity index is 879. The third-order valence-corrected chi connectivity index (χ3v) is 4.31. The van der Waals surface area contributed by atoms with Crippen molar-refractivity contribution < 1.29 is 9.59 Å². The lowest BCUT2D eigenvalue weighted by atomic mass is 10.2. The smallest absolute Gasteiger partial charge is 0.314 e. The van der Waals surface area contributed by atoms with E-state index >= 15 is 0 Å². The van der Waals surface area contributed by atoms with Gasteiger partial charge in [0, 0.05) is 23.9 Å². The molecule has 2 aromatic heterocycles. The van der Waals surface area contributed by atoms with Gasteiger partial charge < -0.3 is 10.6 Å². The van der Waals surface area contributed by atoms with E-state index in [4.69, 9.17) is 0 Å². The van der Waals surface area contributed by atoms with E-state index in [1.54, 1.807) is 13.0 Å². The third kappa shape index (κ3) is 3.98. The molecule has 2 aromatic rings. The van der Waals surface area contributed by atoms with E-state index in [0.29, 0.717) is 17.8 Å². The fourth-order valence-electron chi connectivity index (χ4n) is 3.02. The fraction of sp³-hybridized carbons (Fsp3) is 0.471. The number of aryl methyl sites for hydroxylation is 2. The number of H-pyrrole nitrogens is 1. The number of carbonyl (C=O) groups is 2. The Labute approximate surface area is 150 Å². The summed E-state index contributed by atoms with van der Waals surface area (Å²) in [6.07, 6.45) is 4.50. The number of anilines is 1. The minimum atomic E-state index is -0.771. The molecule has 0 saturated heterocycles. The van der Waals surface area contributed by atoms with Gasteiger partial charge in [0.15, 0.2) is 0 Å². The lowest BCUT2D eigenvalue weighted by molar-refractivity contribution is -0.136. The molecular formula is C17H22N6O3. The van der Waals surface area contributed by atoms with Gasteiger partial charge in [0.1, 0.15) is 5.82 Å². The van der Waals surface area contributed by atoms with Gasteiger partial charge in [0.05, 0.1) is 5.69 Å². The van der Waals surface area contributed by atoms with Gasteiger partial charge in [-0.25, -0.2) is 4.98 Å². The number of carbonyl (C=O) groups excluding carboxylic acids is 2. The maximum absolute atomic E-state index is 12.2. The number of hydrogen-bond acceptors (Lipinski definition) is 5. The van der Waals surface area contributed by atoms with Crippen LogP contribution in [0, 0.1) is 6.92 Å². The highest BCUT2D eigenvalue weighted by Crippen LogP contribution is 2.18. The third-order valence-electron chi connectivity index (χ3n) is 4.31. The molecule has 9 heteroatoms. The number of nitrogens with zero attached hydrogens (tertiary/aromatic N) is 3. The van der Waals surface area contributed by atoms with Crippen molar-refractivity contribution in [3.05, 3.63) is 33.9 Å². The first-order valence-electron chi connectivity index (χ1n) is 8.75. The second kappa shape index (κ2) is 7.51. The zero-order valence-electron chi connectivity index (χ0n) is 14.8. The van der Waals surface area contributed by atoms with Gasteiger partial charge in [-0.2, -0.15) is 9.78 Å². The van der Waals surface area contributed by atoms with Crippen molar-refractivity contribution >= 4 is 17.6 Å². The quantitative estimate of drug-likeness (QED) is 0.699. The lowest BCUT2D eigenvalue weighted by Gasteiger charge is -2.12. The summed E-state index contributed by atoms with van der Waals surface area (Å²) in [6.45, 7) is 3.63. The first-order chi connectivity index (χ1) is 12.5. The molecule has 0 radical (unpaired) electrons. The molecule has 0 spiro atoms. The Morgan fingerprint density at radius 2 is 2.00 bits per heavy atom. The molecule has 2 amide bonds. The SMILES string of the molecule is CCc1cc(=O)[nH]c(-n2nc(C)cc2NC(=O)C(=O)NC2CCCC2)n1. The van der Waals surface area contributed by atoms with Crippen LogP contribution < -0.4 is 16.2 Å². The molecule has 0 bridgehead atoms. The van der Waals surface area contributed by atoms with E-state index in [0.717, 1.165) is 25.7 Å². The van der Waals surface area contributed by atoms with Crippen LogP contribution in [0.2, 0.25) is 0 Å². The van der Waals surface area contributed by atoms with Crippen molar-refractivity contribution in [2.45, 2.75) is 52.0 Å². The molecule has 26 heavy (non-hydrogen) atoms. The highest BCUT2D eigenvalue weighted by Gasteiger charge is 2.23. The highest BCUT2D eigenvalue weighted by molar-refractivity contribution is 6.39. The maximum atomic E-state index is 12.2. The van der Waals surface area contributed by atoms with Gasteiger partial charge in [-0.3, -0.25) is 19.4 Å². The Balaban J connectivity index is 1.81. The molecule has 2 heterocycles. The summed E-state index contributed by atoms with van der Waals surface area (Å²) in [5.41, 5.74) is 0.908. The zero-order valence-corrected chi connectivity index (χ0v) is 14.8. The van der Waals surface area contributed by atoms with E-state index in [1.807, 2.05) is 6.92 Å². The number of aromatic amines is 1. The highest BCUT2D eigenvalue weighted by atomic mass is 16.2. The number of hydrogen-bond donors (Lipinski definition) is 3. The Kier molecular flexibility index (Phi) is 5.15. The Morgan fingerprint density at radius 3 is 2.69 bits per heavy atom. The lowest BCUT2D eigenvalue weighted by Crippen LogP contribution is -2.40. The summed E-state index contributed by atoms with van der Waals surface area (Å²) in [4.78, 5) is 43.0. The van der Waals surface area contributed by atoms with Gasteiger partial charge in [0.2, 0.25) is 5.95 Å². The van der Waals surface area contributed by atoms with Gasteiger partial charge in [0.25, 0.3) is 5.56 Å². The molecule has 1 aliphatic carbocycles. The second-order valence-electron chi connectivity index (χ2n) is 6.41. The van der Waals surface area contributed by atoms with Gasteiger partial charge in [-0.1, -0.05) is 19.8 Å². The van der Waals surface area contributed by atoms with Gasteiger partial charge in [-0.05, 0) is 26.2 Å². The van der Waals surface area contributed by atoms with Crippen LogP contribution in [-0.2, 0) is 16.0 Å². The van der Waals surface area contributed by atoms with Crippen LogP contribution in [0.4, 0.5) is 5.82 Å².